The first-order valence-corrected chi connectivity index (χ1v) is 13.7. The minimum absolute atomic E-state index is 0.0793. The van der Waals surface area contributed by atoms with Gasteiger partial charge in [0.05, 0.1) is 11.4 Å². The van der Waals surface area contributed by atoms with E-state index in [1.165, 1.54) is 0 Å². The Labute approximate surface area is 235 Å². The molecule has 0 saturated heterocycles. The zero-order valence-corrected chi connectivity index (χ0v) is 26.0. The predicted octanol–water partition coefficient (Wildman–Crippen LogP) is 5.92. The third kappa shape index (κ3) is 12.5. The summed E-state index contributed by atoms with van der Waals surface area (Å²) in [5, 5.41) is 12.0. The maximum absolute atomic E-state index is 12.5. The number of aromatic carboxylic acids is 1. The quantitative estimate of drug-likeness (QED) is 0.320. The summed E-state index contributed by atoms with van der Waals surface area (Å²) in [4.78, 5) is 32.9. The molecular formula is C30H52N6O3. The van der Waals surface area contributed by atoms with Gasteiger partial charge in [-0.2, -0.15) is 0 Å². The molecule has 9 nitrogen and oxygen atoms in total. The first-order chi connectivity index (χ1) is 17.9. The number of nitrogens with two attached hydrogens (primary N) is 2. The maximum Gasteiger partial charge on any atom is 0.356 e. The first kappa shape index (κ1) is 35.8. The lowest BCUT2D eigenvalue weighted by atomic mass is 10.0. The van der Waals surface area contributed by atoms with Crippen LogP contribution in [0.5, 0.6) is 0 Å². The van der Waals surface area contributed by atoms with Gasteiger partial charge in [0.15, 0.2) is 11.4 Å². The molecule has 0 saturated carbocycles. The largest absolute Gasteiger partial charge is 0.476 e. The number of rotatable bonds is 8. The van der Waals surface area contributed by atoms with Gasteiger partial charge < -0.3 is 26.8 Å². The van der Waals surface area contributed by atoms with Crippen molar-refractivity contribution in [2.45, 2.75) is 119 Å². The number of amides is 1. The van der Waals surface area contributed by atoms with Crippen LogP contribution in [0.2, 0.25) is 0 Å². The van der Waals surface area contributed by atoms with Gasteiger partial charge in [0.25, 0.3) is 5.91 Å². The van der Waals surface area contributed by atoms with E-state index in [2.05, 4.69) is 56.8 Å². The molecule has 1 amide bonds. The predicted molar refractivity (Wildman–Crippen MR) is 162 cm³/mol. The van der Waals surface area contributed by atoms with E-state index < -0.39 is 5.97 Å². The summed E-state index contributed by atoms with van der Waals surface area (Å²) in [5.41, 5.74) is 14.5. The third-order valence-electron chi connectivity index (χ3n) is 5.63. The van der Waals surface area contributed by atoms with Crippen molar-refractivity contribution in [3.8, 4) is 0 Å². The number of carbonyl (C=O) groups is 2. The number of nitrogen functional groups attached to an aromatic ring is 2. The molecule has 0 aliphatic heterocycles. The highest BCUT2D eigenvalue weighted by molar-refractivity contribution is 5.97. The topological polar surface area (TPSA) is 147 Å². The molecule has 0 spiro atoms. The first-order valence-electron chi connectivity index (χ1n) is 13.7. The summed E-state index contributed by atoms with van der Waals surface area (Å²) in [6, 6.07) is 5.00. The Kier molecular flexibility index (Phi) is 15.3. The van der Waals surface area contributed by atoms with Crippen molar-refractivity contribution >= 4 is 23.3 Å². The Morgan fingerprint density at radius 2 is 1.08 bits per heavy atom. The third-order valence-corrected chi connectivity index (χ3v) is 5.63. The summed E-state index contributed by atoms with van der Waals surface area (Å²) in [6.45, 7) is 24.7. The summed E-state index contributed by atoms with van der Waals surface area (Å²) >= 11 is 0. The molecule has 220 valence electrons. The summed E-state index contributed by atoms with van der Waals surface area (Å²) in [6.07, 6.45) is 3.29. The molecule has 0 bridgehead atoms. The van der Waals surface area contributed by atoms with Crippen molar-refractivity contribution in [3.63, 3.8) is 0 Å². The summed E-state index contributed by atoms with van der Waals surface area (Å²) in [5.74, 6) is -0.534. The second kappa shape index (κ2) is 16.7. The van der Waals surface area contributed by atoms with E-state index in [1.54, 1.807) is 23.4 Å². The van der Waals surface area contributed by atoms with Crippen molar-refractivity contribution in [3.05, 3.63) is 47.0 Å². The molecule has 0 aliphatic carbocycles. The van der Waals surface area contributed by atoms with E-state index in [-0.39, 0.29) is 29.4 Å². The van der Waals surface area contributed by atoms with Crippen molar-refractivity contribution in [1.82, 2.24) is 20.2 Å². The Morgan fingerprint density at radius 1 is 0.718 bits per heavy atom. The fourth-order valence-corrected chi connectivity index (χ4v) is 3.84. The number of carboxylic acids is 1. The molecule has 2 rings (SSSR count). The van der Waals surface area contributed by atoms with Crippen molar-refractivity contribution < 1.29 is 14.7 Å². The molecule has 9 heteroatoms. The Hall–Kier alpha value is -3.20. The Bertz CT molecular complexity index is 1030. The van der Waals surface area contributed by atoms with Crippen LogP contribution in [0.15, 0.2) is 24.5 Å². The van der Waals surface area contributed by atoms with Crippen LogP contribution >= 0.6 is 0 Å². The molecule has 2 aromatic rings. The minimum Gasteiger partial charge on any atom is -0.476 e. The van der Waals surface area contributed by atoms with E-state index in [0.717, 1.165) is 11.1 Å². The van der Waals surface area contributed by atoms with Gasteiger partial charge in [-0.15, -0.1) is 0 Å². The van der Waals surface area contributed by atoms with Crippen LogP contribution in [0, 0.1) is 0 Å². The molecule has 2 heterocycles. The molecule has 39 heavy (non-hydrogen) atoms. The van der Waals surface area contributed by atoms with Gasteiger partial charge in [-0.05, 0) is 62.8 Å². The average Bonchev–Trinajstić information content (AvgIpc) is 2.77. The highest BCUT2D eigenvalue weighted by Gasteiger charge is 2.24. The zero-order valence-electron chi connectivity index (χ0n) is 26.0. The standard InChI is InChI=1S/C15H25N3O.C9H12N2O2.C6H15N/c1-9(2)12-7-13(16)14(17-8-12)15(19)18(10(3)4)11(5)6;1-5(2)6-3-7(10)8(9(12)13)11-4-6;1-5(2)7-6(3)4/h7-11H,16H2,1-6H3;3-5H,10H2,1-2H3,(H,12,13);5-7H,1-4H3. The highest BCUT2D eigenvalue weighted by atomic mass is 16.4. The van der Waals surface area contributed by atoms with E-state index in [4.69, 9.17) is 16.6 Å². The SMILES string of the molecule is CC(C)NC(C)C.CC(C)c1cnc(C(=O)N(C(C)C)C(C)C)c(N)c1.CC(C)c1cnc(C(=O)O)c(N)c1. The fraction of sp³-hybridized carbons (Fsp3) is 0.600. The second-order valence-electron chi connectivity index (χ2n) is 11.4. The number of carbonyl (C=O) groups excluding carboxylic acids is 1. The van der Waals surface area contributed by atoms with E-state index in [0.29, 0.717) is 35.3 Å². The average molecular weight is 545 g/mol. The lowest BCUT2D eigenvalue weighted by Gasteiger charge is -2.30. The van der Waals surface area contributed by atoms with E-state index in [1.807, 2.05) is 47.6 Å². The number of hydrogen-bond donors (Lipinski definition) is 4. The van der Waals surface area contributed by atoms with Gasteiger partial charge in [-0.25, -0.2) is 14.8 Å². The molecule has 6 N–H and O–H groups in total. The zero-order chi connectivity index (χ0) is 30.6. The van der Waals surface area contributed by atoms with Crippen LogP contribution < -0.4 is 16.8 Å². The van der Waals surface area contributed by atoms with Crippen LogP contribution in [0.1, 0.15) is 127 Å². The Morgan fingerprint density at radius 3 is 1.31 bits per heavy atom. The molecule has 0 atom stereocenters. The lowest BCUT2D eigenvalue weighted by Crippen LogP contribution is -2.42. The van der Waals surface area contributed by atoms with Gasteiger partial charge in [0.1, 0.15) is 0 Å². The number of nitrogens with one attached hydrogen (secondary N) is 1. The van der Waals surface area contributed by atoms with Crippen LogP contribution in [-0.2, 0) is 0 Å². The molecule has 2 aromatic heterocycles. The Balaban J connectivity index is 0.000000622. The van der Waals surface area contributed by atoms with Gasteiger partial charge in [0.2, 0.25) is 0 Å². The van der Waals surface area contributed by atoms with E-state index in [9.17, 15) is 9.59 Å². The van der Waals surface area contributed by atoms with Crippen LogP contribution in [0.3, 0.4) is 0 Å². The van der Waals surface area contributed by atoms with Gasteiger partial charge in [-0.1, -0.05) is 55.4 Å². The van der Waals surface area contributed by atoms with Gasteiger partial charge in [-0.3, -0.25) is 4.79 Å². The van der Waals surface area contributed by atoms with E-state index >= 15 is 0 Å². The smallest absolute Gasteiger partial charge is 0.356 e. The van der Waals surface area contributed by atoms with Gasteiger partial charge in [0, 0.05) is 36.6 Å². The number of carboxylic acid groups (broad SMARTS) is 1. The highest BCUT2D eigenvalue weighted by Crippen LogP contribution is 2.21. The molecule has 0 aromatic carbocycles. The minimum atomic E-state index is -1.09. The van der Waals surface area contributed by atoms with Crippen LogP contribution in [0.4, 0.5) is 11.4 Å². The normalized spacial score (nSPS) is 11.0. The number of aromatic nitrogens is 2. The van der Waals surface area contributed by atoms with Gasteiger partial charge >= 0.3 is 5.97 Å². The molecule has 0 radical (unpaired) electrons. The molecular weight excluding hydrogens is 492 g/mol. The van der Waals surface area contributed by atoms with Crippen LogP contribution in [0.25, 0.3) is 0 Å². The van der Waals surface area contributed by atoms with Crippen molar-refractivity contribution in [1.29, 1.82) is 0 Å². The number of nitrogens with zero attached hydrogens (tertiary/aromatic N) is 3. The maximum atomic E-state index is 12.5. The number of anilines is 2. The molecule has 0 unspecified atom stereocenters. The summed E-state index contributed by atoms with van der Waals surface area (Å²) < 4.78 is 0. The van der Waals surface area contributed by atoms with Crippen molar-refractivity contribution in [2.24, 2.45) is 0 Å². The number of pyridine rings is 2. The lowest BCUT2D eigenvalue weighted by molar-refractivity contribution is 0.0637. The summed E-state index contributed by atoms with van der Waals surface area (Å²) in [7, 11) is 0. The molecule has 0 fully saturated rings. The number of hydrogen-bond acceptors (Lipinski definition) is 7. The fourth-order valence-electron chi connectivity index (χ4n) is 3.84. The second-order valence-corrected chi connectivity index (χ2v) is 11.4. The monoisotopic (exact) mass is 544 g/mol. The van der Waals surface area contributed by atoms with Crippen molar-refractivity contribution in [2.75, 3.05) is 11.5 Å². The van der Waals surface area contributed by atoms with Crippen LogP contribution in [-0.4, -0.2) is 56.0 Å². The molecule has 0 aliphatic rings.